The molecule has 1 rings (SSSR count). The Morgan fingerprint density at radius 2 is 2.19 bits per heavy atom. The minimum absolute atomic E-state index is 0.260. The molecule has 1 aromatic heterocycles. The lowest BCUT2D eigenvalue weighted by Crippen LogP contribution is -2.02. The smallest absolute Gasteiger partial charge is 0.221 e. The standard InChI is InChI=1S/C12H16N4/c1-3-5-7-10(6-4-2)15-11-8-9-14-12(13)16-11/h3-9H,1-2H3,(H3,13,14,15,16)/b5-3-,6-4-,10-7+. The van der Waals surface area contributed by atoms with E-state index in [1.165, 1.54) is 0 Å². The highest BCUT2D eigenvalue weighted by Gasteiger charge is 1.96. The topological polar surface area (TPSA) is 63.8 Å². The zero-order valence-electron chi connectivity index (χ0n) is 9.51. The fraction of sp³-hybridized carbons (Fsp3) is 0.167. The third-order valence-electron chi connectivity index (χ3n) is 1.76. The van der Waals surface area contributed by atoms with Crippen LogP contribution in [0.1, 0.15) is 13.8 Å². The second kappa shape index (κ2) is 6.40. The van der Waals surface area contributed by atoms with E-state index < -0.39 is 0 Å². The first-order valence-electron chi connectivity index (χ1n) is 5.07. The number of aromatic nitrogens is 2. The largest absolute Gasteiger partial charge is 0.368 e. The van der Waals surface area contributed by atoms with E-state index >= 15 is 0 Å². The SMILES string of the molecule is C\C=C/C=C(\C=C/C)Nc1ccnc(N)n1. The van der Waals surface area contributed by atoms with Crippen molar-refractivity contribution in [3.8, 4) is 0 Å². The lowest BCUT2D eigenvalue weighted by atomic mass is 10.3. The molecule has 0 aliphatic carbocycles. The third kappa shape index (κ3) is 3.96. The second-order valence-corrected chi connectivity index (χ2v) is 3.07. The number of hydrogen-bond acceptors (Lipinski definition) is 4. The van der Waals surface area contributed by atoms with E-state index in [9.17, 15) is 0 Å². The van der Waals surface area contributed by atoms with Gasteiger partial charge in [0.15, 0.2) is 0 Å². The van der Waals surface area contributed by atoms with Gasteiger partial charge in [0.2, 0.25) is 5.95 Å². The maximum absolute atomic E-state index is 5.49. The molecule has 0 saturated carbocycles. The van der Waals surface area contributed by atoms with E-state index in [4.69, 9.17) is 5.73 Å². The van der Waals surface area contributed by atoms with Crippen LogP contribution in [0.5, 0.6) is 0 Å². The molecule has 0 fully saturated rings. The Bertz CT molecular complexity index is 419. The van der Waals surface area contributed by atoms with Gasteiger partial charge in [0, 0.05) is 11.9 Å². The molecule has 0 aliphatic heterocycles. The number of rotatable bonds is 4. The highest BCUT2D eigenvalue weighted by molar-refractivity contribution is 5.47. The summed E-state index contributed by atoms with van der Waals surface area (Å²) in [5.74, 6) is 0.942. The predicted molar refractivity (Wildman–Crippen MR) is 67.8 cm³/mol. The molecule has 0 aliphatic rings. The molecule has 0 spiro atoms. The lowest BCUT2D eigenvalue weighted by molar-refractivity contribution is 1.18. The van der Waals surface area contributed by atoms with E-state index in [0.717, 1.165) is 5.70 Å². The van der Waals surface area contributed by atoms with Crippen LogP contribution < -0.4 is 11.1 Å². The number of nitrogens with two attached hydrogens (primary N) is 1. The fourth-order valence-electron chi connectivity index (χ4n) is 1.11. The molecule has 0 bridgehead atoms. The maximum atomic E-state index is 5.49. The zero-order chi connectivity index (χ0) is 11.8. The Morgan fingerprint density at radius 1 is 1.38 bits per heavy atom. The van der Waals surface area contributed by atoms with Gasteiger partial charge in [0.05, 0.1) is 0 Å². The van der Waals surface area contributed by atoms with Gasteiger partial charge in [0.1, 0.15) is 5.82 Å². The van der Waals surface area contributed by atoms with Crippen molar-refractivity contribution < 1.29 is 0 Å². The van der Waals surface area contributed by atoms with E-state index in [-0.39, 0.29) is 5.95 Å². The molecule has 0 aromatic carbocycles. The lowest BCUT2D eigenvalue weighted by Gasteiger charge is -2.05. The molecule has 3 N–H and O–H groups in total. The summed E-state index contributed by atoms with van der Waals surface area (Å²) >= 11 is 0. The molecule has 16 heavy (non-hydrogen) atoms. The van der Waals surface area contributed by atoms with Gasteiger partial charge < -0.3 is 11.1 Å². The summed E-state index contributed by atoms with van der Waals surface area (Å²) in [6.07, 6.45) is 11.4. The molecule has 0 atom stereocenters. The molecule has 4 heteroatoms. The Kier molecular flexibility index (Phi) is 4.79. The van der Waals surface area contributed by atoms with Gasteiger partial charge in [-0.3, -0.25) is 0 Å². The fourth-order valence-corrected chi connectivity index (χ4v) is 1.11. The second-order valence-electron chi connectivity index (χ2n) is 3.07. The van der Waals surface area contributed by atoms with Crippen LogP contribution in [0.25, 0.3) is 0 Å². The van der Waals surface area contributed by atoms with Gasteiger partial charge in [0.25, 0.3) is 0 Å². The summed E-state index contributed by atoms with van der Waals surface area (Å²) < 4.78 is 0. The monoisotopic (exact) mass is 216 g/mol. The first kappa shape index (κ1) is 12.0. The van der Waals surface area contributed by atoms with Crippen LogP contribution in [-0.2, 0) is 0 Å². The third-order valence-corrected chi connectivity index (χ3v) is 1.76. The van der Waals surface area contributed by atoms with Crippen LogP contribution in [-0.4, -0.2) is 9.97 Å². The summed E-state index contributed by atoms with van der Waals surface area (Å²) in [7, 11) is 0. The van der Waals surface area contributed by atoms with Gasteiger partial charge in [-0.2, -0.15) is 4.98 Å². The van der Waals surface area contributed by atoms with Gasteiger partial charge in [-0.1, -0.05) is 18.2 Å². The molecule has 4 nitrogen and oxygen atoms in total. The van der Waals surface area contributed by atoms with Crippen LogP contribution in [0.4, 0.5) is 11.8 Å². The molecule has 0 saturated heterocycles. The van der Waals surface area contributed by atoms with Crippen LogP contribution in [0.15, 0.2) is 48.3 Å². The minimum atomic E-state index is 0.260. The van der Waals surface area contributed by atoms with Crippen LogP contribution in [0.2, 0.25) is 0 Å². The molecule has 0 amide bonds. The molecule has 84 valence electrons. The first-order valence-corrected chi connectivity index (χ1v) is 5.07. The van der Waals surface area contributed by atoms with Crippen molar-refractivity contribution in [1.82, 2.24) is 9.97 Å². The van der Waals surface area contributed by atoms with Gasteiger partial charge >= 0.3 is 0 Å². The van der Waals surface area contributed by atoms with Crippen molar-refractivity contribution in [2.75, 3.05) is 11.1 Å². The Balaban J connectivity index is 2.83. The van der Waals surface area contributed by atoms with Crippen LogP contribution in [0, 0.1) is 0 Å². The van der Waals surface area contributed by atoms with E-state index in [0.29, 0.717) is 5.82 Å². The van der Waals surface area contributed by atoms with Crippen molar-refractivity contribution in [2.24, 2.45) is 0 Å². The number of allylic oxidation sites excluding steroid dienone is 5. The maximum Gasteiger partial charge on any atom is 0.221 e. The van der Waals surface area contributed by atoms with E-state index in [1.807, 2.05) is 44.2 Å². The van der Waals surface area contributed by atoms with Crippen molar-refractivity contribution in [2.45, 2.75) is 13.8 Å². The quantitative estimate of drug-likeness (QED) is 0.759. The summed E-state index contributed by atoms with van der Waals surface area (Å²) in [6, 6.07) is 1.77. The normalized spacial score (nSPS) is 12.5. The summed E-state index contributed by atoms with van der Waals surface area (Å²) in [6.45, 7) is 3.92. The van der Waals surface area contributed by atoms with Crippen LogP contribution >= 0.6 is 0 Å². The summed E-state index contributed by atoms with van der Waals surface area (Å²) in [4.78, 5) is 7.89. The number of nitrogens with zero attached hydrogens (tertiary/aromatic N) is 2. The summed E-state index contributed by atoms with van der Waals surface area (Å²) in [5.41, 5.74) is 6.44. The van der Waals surface area contributed by atoms with Crippen molar-refractivity contribution in [1.29, 1.82) is 0 Å². The molecular formula is C12H16N4. The van der Waals surface area contributed by atoms with Gasteiger partial charge in [-0.15, -0.1) is 0 Å². The highest BCUT2D eigenvalue weighted by Crippen LogP contribution is 2.08. The molecule has 1 heterocycles. The molecule has 0 unspecified atom stereocenters. The Morgan fingerprint density at radius 3 is 2.81 bits per heavy atom. The average Bonchev–Trinajstić information content (AvgIpc) is 2.26. The molecule has 1 aromatic rings. The number of hydrogen-bond donors (Lipinski definition) is 2. The number of nitrogens with one attached hydrogen (secondary N) is 1. The molecular weight excluding hydrogens is 200 g/mol. The average molecular weight is 216 g/mol. The predicted octanol–water partition coefficient (Wildman–Crippen LogP) is 2.51. The van der Waals surface area contributed by atoms with Gasteiger partial charge in [-0.05, 0) is 32.1 Å². The Labute approximate surface area is 95.6 Å². The Hall–Kier alpha value is -2.10. The van der Waals surface area contributed by atoms with E-state index in [1.54, 1.807) is 12.3 Å². The van der Waals surface area contributed by atoms with Crippen molar-refractivity contribution >= 4 is 11.8 Å². The van der Waals surface area contributed by atoms with Crippen molar-refractivity contribution in [3.05, 3.63) is 48.3 Å². The molecule has 0 radical (unpaired) electrons. The number of nitrogen functional groups attached to an aromatic ring is 1. The van der Waals surface area contributed by atoms with Gasteiger partial charge in [-0.25, -0.2) is 4.98 Å². The highest BCUT2D eigenvalue weighted by atomic mass is 15.1. The minimum Gasteiger partial charge on any atom is -0.368 e. The van der Waals surface area contributed by atoms with Crippen LogP contribution in [0.3, 0.4) is 0 Å². The number of anilines is 2. The van der Waals surface area contributed by atoms with E-state index in [2.05, 4.69) is 15.3 Å². The summed E-state index contributed by atoms with van der Waals surface area (Å²) in [5, 5.41) is 3.15. The van der Waals surface area contributed by atoms with Crippen molar-refractivity contribution in [3.63, 3.8) is 0 Å². The first-order chi connectivity index (χ1) is 7.76. The zero-order valence-corrected chi connectivity index (χ0v) is 9.51.